The molecule has 0 aliphatic heterocycles. The smallest absolute Gasteiger partial charge is 0.197 e. The molecule has 0 spiro atoms. The summed E-state index contributed by atoms with van der Waals surface area (Å²) in [6, 6.07) is 19.3. The molecule has 8 nitrogen and oxygen atoms in total. The van der Waals surface area contributed by atoms with Crippen molar-refractivity contribution in [2.75, 3.05) is 14.2 Å². The lowest BCUT2D eigenvalue weighted by atomic mass is 9.92. The van der Waals surface area contributed by atoms with Crippen LogP contribution in [0.1, 0.15) is 11.1 Å². The van der Waals surface area contributed by atoms with Crippen molar-refractivity contribution in [1.82, 2.24) is 0 Å². The third-order valence-electron chi connectivity index (χ3n) is 7.32. The Labute approximate surface area is 239 Å². The molecule has 0 unspecified atom stereocenters. The maximum absolute atomic E-state index is 13.4. The highest BCUT2D eigenvalue weighted by molar-refractivity contribution is 5.99. The molecule has 2 N–H and O–H groups in total. The van der Waals surface area contributed by atoms with Crippen molar-refractivity contribution >= 4 is 21.9 Å². The van der Waals surface area contributed by atoms with Gasteiger partial charge in [-0.05, 0) is 67.4 Å². The Morgan fingerprint density at radius 1 is 0.667 bits per heavy atom. The zero-order valence-corrected chi connectivity index (χ0v) is 23.3. The Bertz CT molecular complexity index is 2140. The van der Waals surface area contributed by atoms with Crippen LogP contribution < -0.4 is 20.3 Å². The van der Waals surface area contributed by atoms with Gasteiger partial charge < -0.3 is 28.5 Å². The SMILES string of the molecule is COc1cc(O)c2c(=O)cc(-c3ccc(OC)c(-c4c(C)cc(C)c5c(=O)cc(-c6ccc(O)cc6)oc45)c3)oc2c1. The van der Waals surface area contributed by atoms with E-state index in [0.717, 1.165) is 11.1 Å². The van der Waals surface area contributed by atoms with E-state index in [9.17, 15) is 19.8 Å². The molecular weight excluding hydrogens is 536 g/mol. The quantitative estimate of drug-likeness (QED) is 0.232. The predicted octanol–water partition coefficient (Wildman–Crippen LogP) is 6.95. The van der Waals surface area contributed by atoms with Gasteiger partial charge in [0.2, 0.25) is 0 Å². The lowest BCUT2D eigenvalue weighted by Crippen LogP contribution is -2.05. The number of aryl methyl sites for hydroxylation is 2. The van der Waals surface area contributed by atoms with Crippen molar-refractivity contribution in [3.8, 4) is 56.8 Å². The van der Waals surface area contributed by atoms with Gasteiger partial charge in [-0.3, -0.25) is 9.59 Å². The molecule has 0 aliphatic carbocycles. The number of ether oxygens (including phenoxy) is 2. The summed E-state index contributed by atoms with van der Waals surface area (Å²) < 4.78 is 23.5. The number of aromatic hydroxyl groups is 2. The van der Waals surface area contributed by atoms with E-state index in [4.69, 9.17) is 18.3 Å². The van der Waals surface area contributed by atoms with E-state index in [2.05, 4.69) is 0 Å². The van der Waals surface area contributed by atoms with Crippen LogP contribution in [0, 0.1) is 13.8 Å². The van der Waals surface area contributed by atoms with Gasteiger partial charge in [0.05, 0.1) is 19.6 Å². The standard InChI is InChI=1S/C34H26O8/c1-17-11-18(2)32-25(37)15-28(19-5-8-21(35)9-6-19)42-34(32)31(17)23-12-20(7-10-27(23)40-4)29-16-26(38)33-24(36)13-22(39-3)14-30(33)41-29/h5-16,35-36H,1-4H3. The highest BCUT2D eigenvalue weighted by Crippen LogP contribution is 2.42. The second-order valence-corrected chi connectivity index (χ2v) is 10.0. The summed E-state index contributed by atoms with van der Waals surface area (Å²) in [5, 5.41) is 20.6. The van der Waals surface area contributed by atoms with E-state index < -0.39 is 5.43 Å². The molecule has 8 heteroatoms. The van der Waals surface area contributed by atoms with Gasteiger partial charge in [0, 0.05) is 46.5 Å². The minimum Gasteiger partial charge on any atom is -0.508 e. The van der Waals surface area contributed by atoms with Gasteiger partial charge in [-0.1, -0.05) is 6.07 Å². The van der Waals surface area contributed by atoms with E-state index in [0.29, 0.717) is 50.5 Å². The van der Waals surface area contributed by atoms with Gasteiger partial charge in [-0.2, -0.15) is 0 Å². The Hall–Kier alpha value is -5.50. The van der Waals surface area contributed by atoms with Gasteiger partial charge in [-0.15, -0.1) is 0 Å². The van der Waals surface area contributed by atoms with E-state index >= 15 is 0 Å². The largest absolute Gasteiger partial charge is 0.508 e. The van der Waals surface area contributed by atoms with E-state index in [1.165, 1.54) is 37.4 Å². The minimum atomic E-state index is -0.412. The lowest BCUT2D eigenvalue weighted by Gasteiger charge is -2.17. The van der Waals surface area contributed by atoms with Gasteiger partial charge in [0.25, 0.3) is 0 Å². The van der Waals surface area contributed by atoms with Crippen LogP contribution in [-0.2, 0) is 0 Å². The predicted molar refractivity (Wildman–Crippen MR) is 161 cm³/mol. The van der Waals surface area contributed by atoms with Crippen LogP contribution in [0.25, 0.3) is 55.7 Å². The van der Waals surface area contributed by atoms with Crippen molar-refractivity contribution in [1.29, 1.82) is 0 Å². The molecule has 210 valence electrons. The second-order valence-electron chi connectivity index (χ2n) is 10.0. The zero-order chi connectivity index (χ0) is 29.7. The van der Waals surface area contributed by atoms with Crippen molar-refractivity contribution in [3.05, 3.63) is 104 Å². The van der Waals surface area contributed by atoms with Crippen LogP contribution >= 0.6 is 0 Å². The Balaban J connectivity index is 1.62. The van der Waals surface area contributed by atoms with E-state index in [-0.39, 0.29) is 33.7 Å². The zero-order valence-electron chi connectivity index (χ0n) is 23.3. The Kier molecular flexibility index (Phi) is 6.46. The Morgan fingerprint density at radius 3 is 2.02 bits per heavy atom. The van der Waals surface area contributed by atoms with Crippen LogP contribution in [0.2, 0.25) is 0 Å². The molecule has 4 aromatic carbocycles. The third-order valence-corrected chi connectivity index (χ3v) is 7.32. The number of methoxy groups -OCH3 is 2. The topological polar surface area (TPSA) is 119 Å². The number of phenols is 2. The molecule has 0 saturated carbocycles. The molecule has 0 atom stereocenters. The summed E-state index contributed by atoms with van der Waals surface area (Å²) in [6.07, 6.45) is 0. The average molecular weight is 563 g/mol. The maximum Gasteiger partial charge on any atom is 0.197 e. The van der Waals surface area contributed by atoms with Crippen molar-refractivity contribution < 1.29 is 28.5 Å². The highest BCUT2D eigenvalue weighted by Gasteiger charge is 2.21. The second kappa shape index (κ2) is 10.2. The van der Waals surface area contributed by atoms with Gasteiger partial charge >= 0.3 is 0 Å². The molecule has 6 rings (SSSR count). The fourth-order valence-corrected chi connectivity index (χ4v) is 5.35. The van der Waals surface area contributed by atoms with Crippen molar-refractivity contribution in [3.63, 3.8) is 0 Å². The van der Waals surface area contributed by atoms with E-state index in [1.807, 2.05) is 26.0 Å². The molecule has 0 bridgehead atoms. The fourth-order valence-electron chi connectivity index (χ4n) is 5.35. The van der Waals surface area contributed by atoms with Crippen LogP contribution in [-0.4, -0.2) is 24.4 Å². The summed E-state index contributed by atoms with van der Waals surface area (Å²) in [5.41, 5.74) is 4.02. The molecule has 2 aromatic heterocycles. The fraction of sp³-hybridized carbons (Fsp3) is 0.118. The van der Waals surface area contributed by atoms with Crippen LogP contribution in [0.4, 0.5) is 0 Å². The number of benzene rings is 4. The van der Waals surface area contributed by atoms with E-state index in [1.54, 1.807) is 37.4 Å². The van der Waals surface area contributed by atoms with Gasteiger partial charge in [0.1, 0.15) is 51.1 Å². The summed E-state index contributed by atoms with van der Waals surface area (Å²) in [7, 11) is 3.01. The summed E-state index contributed by atoms with van der Waals surface area (Å²) in [6.45, 7) is 3.78. The molecule has 2 heterocycles. The molecule has 0 radical (unpaired) electrons. The summed E-state index contributed by atoms with van der Waals surface area (Å²) in [5.74, 6) is 1.35. The first-order chi connectivity index (χ1) is 20.2. The monoisotopic (exact) mass is 562 g/mol. The number of hydrogen-bond acceptors (Lipinski definition) is 8. The first-order valence-corrected chi connectivity index (χ1v) is 13.1. The normalized spacial score (nSPS) is 11.2. The first-order valence-electron chi connectivity index (χ1n) is 13.1. The van der Waals surface area contributed by atoms with Crippen molar-refractivity contribution in [2.45, 2.75) is 13.8 Å². The van der Waals surface area contributed by atoms with Crippen LogP contribution in [0.3, 0.4) is 0 Å². The number of rotatable bonds is 5. The molecule has 0 fully saturated rings. The minimum absolute atomic E-state index is 0.0530. The van der Waals surface area contributed by atoms with Crippen molar-refractivity contribution in [2.24, 2.45) is 0 Å². The molecule has 6 aromatic rings. The average Bonchev–Trinajstić information content (AvgIpc) is 2.96. The van der Waals surface area contributed by atoms with Crippen LogP contribution in [0.15, 0.2) is 91.2 Å². The molecule has 0 saturated heterocycles. The maximum atomic E-state index is 13.4. The molecule has 0 amide bonds. The molecule has 0 aliphatic rings. The molecular formula is C34H26O8. The van der Waals surface area contributed by atoms with Crippen LogP contribution in [0.5, 0.6) is 23.0 Å². The number of fused-ring (bicyclic) bond motifs is 2. The lowest BCUT2D eigenvalue weighted by molar-refractivity contribution is 0.408. The van der Waals surface area contributed by atoms with Gasteiger partial charge in [-0.25, -0.2) is 0 Å². The number of phenolic OH excluding ortho intramolecular Hbond substituents is 2. The van der Waals surface area contributed by atoms with Gasteiger partial charge in [0.15, 0.2) is 10.9 Å². The first kappa shape index (κ1) is 26.7. The number of hydrogen-bond donors (Lipinski definition) is 2. The highest BCUT2D eigenvalue weighted by atomic mass is 16.5. The summed E-state index contributed by atoms with van der Waals surface area (Å²) >= 11 is 0. The summed E-state index contributed by atoms with van der Waals surface area (Å²) in [4.78, 5) is 26.4. The third kappa shape index (κ3) is 4.43. The Morgan fingerprint density at radius 2 is 1.33 bits per heavy atom. The molecule has 42 heavy (non-hydrogen) atoms.